The maximum Gasteiger partial charge on any atom is 0.192 e. The van der Waals surface area contributed by atoms with Crippen molar-refractivity contribution in [2.45, 2.75) is 46.2 Å². The van der Waals surface area contributed by atoms with Crippen LogP contribution in [0, 0.1) is 12.8 Å². The second-order valence-corrected chi connectivity index (χ2v) is 7.17. The van der Waals surface area contributed by atoms with Gasteiger partial charge < -0.3 is 20.1 Å². The normalized spacial score (nSPS) is 17.1. The second-order valence-electron chi connectivity index (χ2n) is 7.17. The first-order valence-electron chi connectivity index (χ1n) is 9.22. The highest BCUT2D eigenvalue weighted by molar-refractivity contribution is 5.80. The maximum absolute atomic E-state index is 4.68. The topological polar surface area (TPSA) is 70.4 Å². The zero-order valence-corrected chi connectivity index (χ0v) is 16.1. The average Bonchev–Trinajstić information content (AvgIpc) is 2.90. The molecule has 7 heteroatoms. The molecule has 0 radical (unpaired) electrons. The molecule has 1 saturated heterocycles. The van der Waals surface area contributed by atoms with E-state index < -0.39 is 0 Å². The van der Waals surface area contributed by atoms with Gasteiger partial charge in [0.15, 0.2) is 11.8 Å². The Morgan fingerprint density at radius 3 is 2.64 bits per heavy atom. The van der Waals surface area contributed by atoms with Crippen molar-refractivity contribution in [1.82, 2.24) is 30.3 Å². The van der Waals surface area contributed by atoms with Gasteiger partial charge in [0.25, 0.3) is 0 Å². The molecule has 25 heavy (non-hydrogen) atoms. The number of likely N-dealkylation sites (tertiary alicyclic amines) is 1. The van der Waals surface area contributed by atoms with E-state index in [0.29, 0.717) is 19.1 Å². The summed E-state index contributed by atoms with van der Waals surface area (Å²) in [5, 5.41) is 15.1. The number of hydrogen-bond donors (Lipinski definition) is 2. The van der Waals surface area contributed by atoms with Crippen molar-refractivity contribution in [3.05, 3.63) is 24.3 Å². The molecule has 1 fully saturated rings. The number of rotatable bonds is 7. The third-order valence-corrected chi connectivity index (χ3v) is 4.53. The Hall–Kier alpha value is -1.89. The van der Waals surface area contributed by atoms with E-state index >= 15 is 0 Å². The largest absolute Gasteiger partial charge is 0.354 e. The molecule has 0 amide bonds. The van der Waals surface area contributed by atoms with E-state index in [1.165, 1.54) is 6.54 Å². The first kappa shape index (κ1) is 19.4. The van der Waals surface area contributed by atoms with Crippen molar-refractivity contribution < 1.29 is 0 Å². The summed E-state index contributed by atoms with van der Waals surface area (Å²) in [4.78, 5) is 7.23. The number of aryl methyl sites for hydroxylation is 1. The molecule has 1 aromatic heterocycles. The van der Waals surface area contributed by atoms with Crippen molar-refractivity contribution in [3.8, 4) is 0 Å². The van der Waals surface area contributed by atoms with Gasteiger partial charge in [-0.05, 0) is 25.7 Å². The SMILES string of the molecule is C=CCNC(=NCc1nnc(C)n1C)NC1CCN(CC(C)C)CC1. The summed E-state index contributed by atoms with van der Waals surface area (Å²) in [6, 6.07) is 0.459. The number of guanidine groups is 1. The molecular formula is C18H33N7. The fourth-order valence-electron chi connectivity index (χ4n) is 3.03. The van der Waals surface area contributed by atoms with Gasteiger partial charge in [-0.1, -0.05) is 19.9 Å². The molecule has 0 atom stereocenters. The molecule has 1 aromatic rings. The van der Waals surface area contributed by atoms with Crippen LogP contribution >= 0.6 is 0 Å². The van der Waals surface area contributed by atoms with Crippen LogP contribution < -0.4 is 10.6 Å². The van der Waals surface area contributed by atoms with Crippen LogP contribution in [-0.2, 0) is 13.6 Å². The zero-order valence-electron chi connectivity index (χ0n) is 16.1. The molecule has 1 aliphatic rings. The lowest BCUT2D eigenvalue weighted by atomic mass is 10.0. The highest BCUT2D eigenvalue weighted by Gasteiger charge is 2.20. The van der Waals surface area contributed by atoms with Crippen LogP contribution in [0.3, 0.4) is 0 Å². The summed E-state index contributed by atoms with van der Waals surface area (Å²) in [6.45, 7) is 15.0. The molecule has 0 unspecified atom stereocenters. The van der Waals surface area contributed by atoms with Crippen LogP contribution in [-0.4, -0.2) is 57.8 Å². The molecule has 2 N–H and O–H groups in total. The van der Waals surface area contributed by atoms with E-state index in [2.05, 4.69) is 51.1 Å². The standard InChI is InChI=1S/C18H33N7/c1-6-9-19-18(20-12-17-23-22-15(4)24(17)5)21-16-7-10-25(11-8-16)13-14(2)3/h6,14,16H,1,7-13H2,2-5H3,(H2,19,20,21). The van der Waals surface area contributed by atoms with Crippen molar-refractivity contribution >= 4 is 5.96 Å². The van der Waals surface area contributed by atoms with Crippen LogP contribution in [0.25, 0.3) is 0 Å². The number of piperidine rings is 1. The van der Waals surface area contributed by atoms with E-state index in [1.54, 1.807) is 0 Å². The summed E-state index contributed by atoms with van der Waals surface area (Å²) in [7, 11) is 1.97. The van der Waals surface area contributed by atoms with E-state index in [4.69, 9.17) is 0 Å². The average molecular weight is 348 g/mol. The predicted molar refractivity (Wildman–Crippen MR) is 103 cm³/mol. The predicted octanol–water partition coefficient (Wildman–Crippen LogP) is 1.47. The Morgan fingerprint density at radius 1 is 1.36 bits per heavy atom. The molecule has 0 bridgehead atoms. The maximum atomic E-state index is 4.68. The summed E-state index contributed by atoms with van der Waals surface area (Å²) in [5.74, 6) is 3.31. The summed E-state index contributed by atoms with van der Waals surface area (Å²) in [6.07, 6.45) is 4.13. The van der Waals surface area contributed by atoms with Gasteiger partial charge >= 0.3 is 0 Å². The minimum absolute atomic E-state index is 0.459. The van der Waals surface area contributed by atoms with E-state index in [1.807, 2.05) is 24.6 Å². The van der Waals surface area contributed by atoms with E-state index in [0.717, 1.165) is 49.5 Å². The zero-order chi connectivity index (χ0) is 18.2. The molecule has 0 saturated carbocycles. The van der Waals surface area contributed by atoms with Gasteiger partial charge in [-0.2, -0.15) is 0 Å². The van der Waals surface area contributed by atoms with Gasteiger partial charge in [0, 0.05) is 39.3 Å². The Labute approximate surface area is 151 Å². The molecule has 1 aliphatic heterocycles. The summed E-state index contributed by atoms with van der Waals surface area (Å²) < 4.78 is 1.97. The lowest BCUT2D eigenvalue weighted by Crippen LogP contribution is -2.49. The fraction of sp³-hybridized carbons (Fsp3) is 0.722. The Morgan fingerprint density at radius 2 is 2.08 bits per heavy atom. The van der Waals surface area contributed by atoms with Crippen LogP contribution in [0.15, 0.2) is 17.6 Å². The van der Waals surface area contributed by atoms with Gasteiger partial charge in [0.05, 0.1) is 0 Å². The Bertz CT molecular complexity index is 568. The number of nitrogens with one attached hydrogen (secondary N) is 2. The molecule has 7 nitrogen and oxygen atoms in total. The van der Waals surface area contributed by atoms with Crippen LogP contribution in [0.1, 0.15) is 38.3 Å². The van der Waals surface area contributed by atoms with Crippen molar-refractivity contribution in [2.75, 3.05) is 26.2 Å². The van der Waals surface area contributed by atoms with E-state index in [-0.39, 0.29) is 0 Å². The quantitative estimate of drug-likeness (QED) is 0.444. The van der Waals surface area contributed by atoms with Gasteiger partial charge in [0.1, 0.15) is 12.4 Å². The van der Waals surface area contributed by atoms with E-state index in [9.17, 15) is 0 Å². The number of aliphatic imine (C=N–C) groups is 1. The van der Waals surface area contributed by atoms with Crippen LogP contribution in [0.4, 0.5) is 0 Å². The van der Waals surface area contributed by atoms with Crippen LogP contribution in [0.5, 0.6) is 0 Å². The molecule has 0 aliphatic carbocycles. The highest BCUT2D eigenvalue weighted by Crippen LogP contribution is 2.12. The molecule has 2 rings (SSSR count). The number of nitrogens with zero attached hydrogens (tertiary/aromatic N) is 5. The first-order valence-corrected chi connectivity index (χ1v) is 9.22. The van der Waals surface area contributed by atoms with Crippen molar-refractivity contribution in [2.24, 2.45) is 18.0 Å². The van der Waals surface area contributed by atoms with Crippen molar-refractivity contribution in [1.29, 1.82) is 0 Å². The fourth-order valence-corrected chi connectivity index (χ4v) is 3.03. The van der Waals surface area contributed by atoms with Gasteiger partial charge in [0.2, 0.25) is 0 Å². The van der Waals surface area contributed by atoms with Crippen LogP contribution in [0.2, 0.25) is 0 Å². The monoisotopic (exact) mass is 347 g/mol. The third-order valence-electron chi connectivity index (χ3n) is 4.53. The minimum Gasteiger partial charge on any atom is -0.354 e. The molecule has 0 aromatic carbocycles. The first-order chi connectivity index (χ1) is 12.0. The number of aromatic nitrogens is 3. The Kier molecular flexibility index (Phi) is 7.43. The Balaban J connectivity index is 1.90. The summed E-state index contributed by atoms with van der Waals surface area (Å²) in [5.41, 5.74) is 0. The molecule has 140 valence electrons. The number of hydrogen-bond acceptors (Lipinski definition) is 4. The third kappa shape index (κ3) is 6.16. The van der Waals surface area contributed by atoms with Crippen molar-refractivity contribution in [3.63, 3.8) is 0 Å². The van der Waals surface area contributed by atoms with Gasteiger partial charge in [-0.3, -0.25) is 0 Å². The molecular weight excluding hydrogens is 314 g/mol. The minimum atomic E-state index is 0.459. The smallest absolute Gasteiger partial charge is 0.192 e. The van der Waals surface area contributed by atoms with Gasteiger partial charge in [-0.15, -0.1) is 16.8 Å². The lowest BCUT2D eigenvalue weighted by Gasteiger charge is -2.34. The molecule has 0 spiro atoms. The second kappa shape index (κ2) is 9.56. The molecule has 2 heterocycles. The summed E-state index contributed by atoms with van der Waals surface area (Å²) >= 11 is 0. The lowest BCUT2D eigenvalue weighted by molar-refractivity contribution is 0.187. The van der Waals surface area contributed by atoms with Gasteiger partial charge in [-0.25, -0.2) is 4.99 Å². The highest BCUT2D eigenvalue weighted by atomic mass is 15.3.